The summed E-state index contributed by atoms with van der Waals surface area (Å²) in [6.07, 6.45) is -8.42. The predicted octanol–water partition coefficient (Wildman–Crippen LogP) is 6.91. The van der Waals surface area contributed by atoms with Gasteiger partial charge in [-0.2, -0.15) is 48.3 Å². The summed E-state index contributed by atoms with van der Waals surface area (Å²) < 4.78 is 165. The van der Waals surface area contributed by atoms with E-state index in [0.29, 0.717) is 11.1 Å². The van der Waals surface area contributed by atoms with Gasteiger partial charge in [-0.15, -0.1) is 20.4 Å². The van der Waals surface area contributed by atoms with Gasteiger partial charge in [0.15, 0.2) is 24.0 Å². The molecule has 7 rings (SSSR count). The Hall–Kier alpha value is -5.85. The third-order valence-corrected chi connectivity index (χ3v) is 7.79. The molecular weight excluding hydrogens is 797 g/mol. The van der Waals surface area contributed by atoms with Gasteiger partial charge in [0, 0.05) is 55.2 Å². The molecular formula is C32H25F11N10O4. The normalized spacial score (nSPS) is 16.6. The van der Waals surface area contributed by atoms with E-state index in [1.807, 2.05) is 0 Å². The molecule has 14 nitrogen and oxygen atoms in total. The van der Waals surface area contributed by atoms with Gasteiger partial charge in [0.1, 0.15) is 0 Å². The molecule has 1 fully saturated rings. The standard InChI is InChI=1S/C16H11F6N5O2.C16H14F5N5O2/c1-28-16(21,22)13-26-25-11-6-23-9(7-27(11)13)8-2-3-12(24-5-8)29-10-4-14(17,18)15(10,19)20;1-9(2)28-16(20,21)14-25-24-12-6-22-11(7-26(12)14)10-3-4-13(23-5-10)27-8-15(17,18)19/h2-3,5-7,10H,4H2,1H3;3-7,9H,8H2,1-2H3. The van der Waals surface area contributed by atoms with E-state index in [2.05, 4.69) is 54.5 Å². The van der Waals surface area contributed by atoms with Gasteiger partial charge in [-0.1, -0.05) is 0 Å². The molecule has 0 spiro atoms. The number of ether oxygens (including phenoxy) is 4. The van der Waals surface area contributed by atoms with E-state index in [0.717, 1.165) is 15.9 Å². The van der Waals surface area contributed by atoms with Crippen molar-refractivity contribution < 1.29 is 67.2 Å². The average molecular weight is 823 g/mol. The number of fused-ring (bicyclic) bond motifs is 2. The van der Waals surface area contributed by atoms with E-state index < -0.39 is 67.1 Å². The van der Waals surface area contributed by atoms with Gasteiger partial charge in [-0.25, -0.2) is 9.97 Å². The molecule has 0 amide bonds. The number of nitrogens with zero attached hydrogens (tertiary/aromatic N) is 10. The van der Waals surface area contributed by atoms with Crippen LogP contribution in [0.1, 0.15) is 31.9 Å². The molecule has 0 radical (unpaired) electrons. The molecule has 0 N–H and O–H groups in total. The number of halogens is 11. The first kappa shape index (κ1) is 40.8. The monoisotopic (exact) mass is 822 g/mol. The first-order valence-corrected chi connectivity index (χ1v) is 16.1. The lowest BCUT2D eigenvalue weighted by Gasteiger charge is -2.42. The van der Waals surface area contributed by atoms with Crippen LogP contribution in [0, 0.1) is 0 Å². The molecule has 1 unspecified atom stereocenters. The number of aromatic nitrogens is 10. The van der Waals surface area contributed by atoms with Gasteiger partial charge in [0.2, 0.25) is 23.4 Å². The van der Waals surface area contributed by atoms with E-state index in [1.54, 1.807) is 0 Å². The third-order valence-electron chi connectivity index (χ3n) is 7.79. The molecule has 304 valence electrons. The van der Waals surface area contributed by atoms with Crippen LogP contribution in [0.5, 0.6) is 11.8 Å². The summed E-state index contributed by atoms with van der Waals surface area (Å²) in [6, 6.07) is 5.17. The number of pyridine rings is 2. The molecule has 0 aromatic carbocycles. The van der Waals surface area contributed by atoms with Crippen LogP contribution in [-0.2, 0) is 21.7 Å². The van der Waals surface area contributed by atoms with Gasteiger partial charge >= 0.3 is 30.2 Å². The van der Waals surface area contributed by atoms with E-state index in [4.69, 9.17) is 4.74 Å². The Labute approximate surface area is 311 Å². The van der Waals surface area contributed by atoms with E-state index in [1.165, 1.54) is 75.3 Å². The molecule has 1 aliphatic rings. The lowest BCUT2D eigenvalue weighted by Crippen LogP contribution is -2.64. The Morgan fingerprint density at radius 2 is 1.21 bits per heavy atom. The van der Waals surface area contributed by atoms with Crippen molar-refractivity contribution in [1.29, 1.82) is 0 Å². The minimum absolute atomic E-state index is 0.0431. The molecule has 0 aliphatic heterocycles. The Bertz CT molecular complexity index is 2340. The summed E-state index contributed by atoms with van der Waals surface area (Å²) in [5.41, 5.74) is 1.22. The maximum Gasteiger partial charge on any atom is 0.422 e. The fourth-order valence-corrected chi connectivity index (χ4v) is 4.98. The molecule has 1 aliphatic carbocycles. The van der Waals surface area contributed by atoms with E-state index in [-0.39, 0.29) is 34.4 Å². The van der Waals surface area contributed by atoms with Gasteiger partial charge in [-0.3, -0.25) is 18.8 Å². The average Bonchev–Trinajstić information content (AvgIpc) is 3.79. The molecule has 0 bridgehead atoms. The predicted molar refractivity (Wildman–Crippen MR) is 170 cm³/mol. The van der Waals surface area contributed by atoms with Crippen LogP contribution in [0.3, 0.4) is 0 Å². The summed E-state index contributed by atoms with van der Waals surface area (Å²) in [5.74, 6) is -10.4. The minimum atomic E-state index is -4.49. The first-order chi connectivity index (χ1) is 26.6. The lowest BCUT2D eigenvalue weighted by molar-refractivity contribution is -0.324. The van der Waals surface area contributed by atoms with Crippen LogP contribution in [0.25, 0.3) is 33.8 Å². The molecule has 6 aromatic rings. The summed E-state index contributed by atoms with van der Waals surface area (Å²) in [4.78, 5) is 15.7. The largest absolute Gasteiger partial charge is 0.468 e. The van der Waals surface area contributed by atoms with Gasteiger partial charge in [0.05, 0.1) is 36.3 Å². The molecule has 25 heteroatoms. The Kier molecular flexibility index (Phi) is 10.7. The highest BCUT2D eigenvalue weighted by molar-refractivity contribution is 5.60. The summed E-state index contributed by atoms with van der Waals surface area (Å²) >= 11 is 0. The maximum atomic E-state index is 14.3. The summed E-state index contributed by atoms with van der Waals surface area (Å²) in [7, 11) is 0.813. The van der Waals surface area contributed by atoms with Crippen LogP contribution in [0.15, 0.2) is 61.4 Å². The second kappa shape index (κ2) is 14.9. The molecule has 6 aromatic heterocycles. The quantitative estimate of drug-likeness (QED) is 0.125. The van der Waals surface area contributed by atoms with Crippen molar-refractivity contribution in [1.82, 2.24) is 49.1 Å². The lowest BCUT2D eigenvalue weighted by atomic mass is 9.85. The number of methoxy groups -OCH3 is 1. The summed E-state index contributed by atoms with van der Waals surface area (Å²) in [6.45, 7) is 1.44. The Morgan fingerprint density at radius 1 is 0.702 bits per heavy atom. The van der Waals surface area contributed by atoms with Gasteiger partial charge in [-0.05, 0) is 26.0 Å². The zero-order valence-corrected chi connectivity index (χ0v) is 29.1. The fourth-order valence-electron chi connectivity index (χ4n) is 4.98. The van der Waals surface area contributed by atoms with Crippen LogP contribution in [0.2, 0.25) is 0 Å². The van der Waals surface area contributed by atoms with Crippen LogP contribution >= 0.6 is 0 Å². The third kappa shape index (κ3) is 8.62. The van der Waals surface area contributed by atoms with Crippen molar-refractivity contribution in [2.45, 2.75) is 62.7 Å². The van der Waals surface area contributed by atoms with Crippen molar-refractivity contribution >= 4 is 11.3 Å². The second-order valence-corrected chi connectivity index (χ2v) is 12.3. The van der Waals surface area contributed by atoms with Crippen molar-refractivity contribution in [2.75, 3.05) is 13.7 Å². The first-order valence-electron chi connectivity index (χ1n) is 16.1. The molecule has 6 heterocycles. The SMILES string of the molecule is CC(C)OC(F)(F)c1nnc2cnc(-c3ccc(OCC(F)(F)F)nc3)cn12.COC(F)(F)c1nnc2cnc(-c3ccc(OC4CC(F)(F)C4(F)F)nc3)cn12. The van der Waals surface area contributed by atoms with Crippen LogP contribution in [0.4, 0.5) is 48.3 Å². The highest BCUT2D eigenvalue weighted by Gasteiger charge is 2.73. The number of hydrogen-bond acceptors (Lipinski definition) is 12. The van der Waals surface area contributed by atoms with Crippen LogP contribution in [-0.4, -0.2) is 93.1 Å². The Morgan fingerprint density at radius 3 is 1.63 bits per heavy atom. The van der Waals surface area contributed by atoms with E-state index >= 15 is 0 Å². The fraction of sp³-hybridized carbons (Fsp3) is 0.375. The number of rotatable bonds is 11. The van der Waals surface area contributed by atoms with Crippen molar-refractivity contribution in [3.63, 3.8) is 0 Å². The zero-order chi connectivity index (χ0) is 41.6. The van der Waals surface area contributed by atoms with Crippen molar-refractivity contribution in [2.24, 2.45) is 0 Å². The smallest absolute Gasteiger partial charge is 0.422 e. The van der Waals surface area contributed by atoms with Crippen LogP contribution < -0.4 is 9.47 Å². The second-order valence-electron chi connectivity index (χ2n) is 12.3. The number of hydrogen-bond donors (Lipinski definition) is 0. The molecule has 57 heavy (non-hydrogen) atoms. The number of alkyl halides is 11. The van der Waals surface area contributed by atoms with Gasteiger partial charge < -0.3 is 18.9 Å². The van der Waals surface area contributed by atoms with Crippen molar-refractivity contribution in [3.8, 4) is 34.3 Å². The zero-order valence-electron chi connectivity index (χ0n) is 29.1. The highest BCUT2D eigenvalue weighted by atomic mass is 19.4. The maximum absolute atomic E-state index is 14.3. The topological polar surface area (TPSA) is 149 Å². The Balaban J connectivity index is 0.000000193. The van der Waals surface area contributed by atoms with Crippen molar-refractivity contribution in [3.05, 3.63) is 73.1 Å². The molecule has 1 saturated carbocycles. The molecule has 0 saturated heterocycles. The minimum Gasteiger partial charge on any atom is -0.468 e. The molecule has 1 atom stereocenters. The van der Waals surface area contributed by atoms with E-state index in [9.17, 15) is 48.3 Å². The highest BCUT2D eigenvalue weighted by Crippen LogP contribution is 2.52. The summed E-state index contributed by atoms with van der Waals surface area (Å²) in [5, 5.41) is 14.1. The van der Waals surface area contributed by atoms with Gasteiger partial charge in [0.25, 0.3) is 0 Å².